The summed E-state index contributed by atoms with van der Waals surface area (Å²) in [4.78, 5) is 12.7. The van der Waals surface area contributed by atoms with Crippen molar-refractivity contribution in [3.05, 3.63) is 48.2 Å². The van der Waals surface area contributed by atoms with E-state index in [1.807, 2.05) is 42.2 Å². The van der Waals surface area contributed by atoms with E-state index in [-0.39, 0.29) is 5.76 Å². The first kappa shape index (κ1) is 11.3. The number of hydrogen-bond acceptors (Lipinski definition) is 3. The van der Waals surface area contributed by atoms with Gasteiger partial charge in [0.1, 0.15) is 0 Å². The van der Waals surface area contributed by atoms with Crippen LogP contribution >= 0.6 is 0 Å². The summed E-state index contributed by atoms with van der Waals surface area (Å²) in [5, 5.41) is 8.81. The van der Waals surface area contributed by atoms with Gasteiger partial charge < -0.3 is 14.4 Å². The van der Waals surface area contributed by atoms with Crippen LogP contribution in [0.4, 0.5) is 11.6 Å². The molecule has 0 radical (unpaired) electrons. The largest absolute Gasteiger partial charge is 0.475 e. The second-order valence-electron chi connectivity index (χ2n) is 3.52. The van der Waals surface area contributed by atoms with Gasteiger partial charge in [-0.1, -0.05) is 18.2 Å². The summed E-state index contributed by atoms with van der Waals surface area (Å²) >= 11 is 0. The van der Waals surface area contributed by atoms with Crippen molar-refractivity contribution in [2.45, 2.75) is 6.92 Å². The second kappa shape index (κ2) is 4.74. The van der Waals surface area contributed by atoms with Crippen LogP contribution in [0.25, 0.3) is 0 Å². The van der Waals surface area contributed by atoms with Gasteiger partial charge in [-0.3, -0.25) is 0 Å². The Morgan fingerprint density at radius 1 is 1.24 bits per heavy atom. The lowest BCUT2D eigenvalue weighted by Gasteiger charge is -2.19. The van der Waals surface area contributed by atoms with Crippen LogP contribution in [-0.2, 0) is 0 Å². The molecule has 1 aromatic heterocycles. The fraction of sp³-hybridized carbons (Fsp3) is 0.154. The van der Waals surface area contributed by atoms with Crippen molar-refractivity contribution in [1.82, 2.24) is 0 Å². The fourth-order valence-corrected chi connectivity index (χ4v) is 1.66. The van der Waals surface area contributed by atoms with Crippen molar-refractivity contribution in [3.63, 3.8) is 0 Å². The summed E-state index contributed by atoms with van der Waals surface area (Å²) < 4.78 is 5.28. The maximum absolute atomic E-state index is 10.7. The lowest BCUT2D eigenvalue weighted by atomic mass is 10.3. The van der Waals surface area contributed by atoms with Crippen LogP contribution in [0.15, 0.2) is 46.9 Å². The molecule has 17 heavy (non-hydrogen) atoms. The number of nitrogens with zero attached hydrogens (tertiary/aromatic N) is 1. The smallest absolute Gasteiger partial charge is 0.371 e. The molecule has 4 nitrogen and oxygen atoms in total. The summed E-state index contributed by atoms with van der Waals surface area (Å²) in [5.41, 5.74) is 0.973. The number of carboxylic acids is 1. The number of anilines is 2. The van der Waals surface area contributed by atoms with Crippen LogP contribution in [0.1, 0.15) is 17.5 Å². The van der Waals surface area contributed by atoms with E-state index in [0.717, 1.165) is 5.69 Å². The summed E-state index contributed by atoms with van der Waals surface area (Å²) in [6, 6.07) is 12.8. The minimum Gasteiger partial charge on any atom is -0.475 e. The molecular formula is C13H13NO3. The Balaban J connectivity index is 2.32. The Morgan fingerprint density at radius 3 is 2.47 bits per heavy atom. The standard InChI is InChI=1S/C13H13NO3/c1-2-14(10-6-4-3-5-7-10)12-9-8-11(17-12)13(15)16/h3-9H,2H2,1H3,(H,15,16). The summed E-state index contributed by atoms with van der Waals surface area (Å²) in [7, 11) is 0. The average Bonchev–Trinajstić information content (AvgIpc) is 2.81. The van der Waals surface area contributed by atoms with Crippen LogP contribution < -0.4 is 4.90 Å². The highest BCUT2D eigenvalue weighted by atomic mass is 16.4. The van der Waals surface area contributed by atoms with E-state index in [1.54, 1.807) is 6.07 Å². The van der Waals surface area contributed by atoms with E-state index in [4.69, 9.17) is 9.52 Å². The van der Waals surface area contributed by atoms with Gasteiger partial charge in [-0.25, -0.2) is 4.79 Å². The molecule has 1 aromatic carbocycles. The monoisotopic (exact) mass is 231 g/mol. The molecule has 0 spiro atoms. The minimum atomic E-state index is -1.06. The van der Waals surface area contributed by atoms with Crippen molar-refractivity contribution >= 4 is 17.5 Å². The van der Waals surface area contributed by atoms with E-state index in [9.17, 15) is 4.79 Å². The van der Waals surface area contributed by atoms with Crippen LogP contribution in [0, 0.1) is 0 Å². The molecule has 0 aliphatic carbocycles. The molecule has 1 heterocycles. The quantitative estimate of drug-likeness (QED) is 0.878. The number of benzene rings is 1. The Labute approximate surface area is 99.1 Å². The summed E-state index contributed by atoms with van der Waals surface area (Å²) in [5.74, 6) is -0.564. The van der Waals surface area contributed by atoms with Crippen molar-refractivity contribution < 1.29 is 14.3 Å². The van der Waals surface area contributed by atoms with E-state index in [1.165, 1.54) is 6.07 Å². The lowest BCUT2D eigenvalue weighted by Crippen LogP contribution is -2.14. The zero-order valence-corrected chi connectivity index (χ0v) is 9.46. The third kappa shape index (κ3) is 2.30. The number of furan rings is 1. The van der Waals surface area contributed by atoms with Crippen LogP contribution in [0.2, 0.25) is 0 Å². The molecule has 1 N–H and O–H groups in total. The average molecular weight is 231 g/mol. The van der Waals surface area contributed by atoms with Crippen LogP contribution in [0.5, 0.6) is 0 Å². The predicted octanol–water partition coefficient (Wildman–Crippen LogP) is 3.14. The highest BCUT2D eigenvalue weighted by molar-refractivity contribution is 5.85. The molecule has 0 amide bonds. The molecule has 0 aliphatic rings. The Morgan fingerprint density at radius 2 is 1.94 bits per heavy atom. The first-order valence-corrected chi connectivity index (χ1v) is 5.38. The molecule has 2 aromatic rings. The first-order chi connectivity index (χ1) is 8.22. The van der Waals surface area contributed by atoms with E-state index in [2.05, 4.69) is 0 Å². The van der Waals surface area contributed by atoms with E-state index >= 15 is 0 Å². The molecule has 88 valence electrons. The number of aromatic carboxylic acids is 1. The topological polar surface area (TPSA) is 53.7 Å². The normalized spacial score (nSPS) is 10.2. The van der Waals surface area contributed by atoms with Crippen molar-refractivity contribution in [3.8, 4) is 0 Å². The SMILES string of the molecule is CCN(c1ccccc1)c1ccc(C(=O)O)o1. The van der Waals surface area contributed by atoms with Gasteiger partial charge in [0.05, 0.1) is 0 Å². The van der Waals surface area contributed by atoms with Crippen LogP contribution in [-0.4, -0.2) is 17.6 Å². The van der Waals surface area contributed by atoms with E-state index in [0.29, 0.717) is 12.4 Å². The van der Waals surface area contributed by atoms with Gasteiger partial charge in [0.15, 0.2) is 0 Å². The van der Waals surface area contributed by atoms with Gasteiger partial charge in [0.25, 0.3) is 0 Å². The van der Waals surface area contributed by atoms with E-state index < -0.39 is 5.97 Å². The molecule has 0 saturated heterocycles. The molecular weight excluding hydrogens is 218 g/mol. The number of carbonyl (C=O) groups is 1. The molecule has 0 aliphatic heterocycles. The summed E-state index contributed by atoms with van der Waals surface area (Å²) in [6.45, 7) is 2.69. The highest BCUT2D eigenvalue weighted by Gasteiger charge is 2.14. The maximum atomic E-state index is 10.7. The van der Waals surface area contributed by atoms with Crippen molar-refractivity contribution in [1.29, 1.82) is 0 Å². The molecule has 0 fully saturated rings. The number of para-hydroxylation sites is 1. The Bertz CT molecular complexity index is 504. The predicted molar refractivity (Wildman–Crippen MR) is 64.8 cm³/mol. The third-order valence-corrected chi connectivity index (χ3v) is 2.45. The zero-order valence-electron chi connectivity index (χ0n) is 9.46. The van der Waals surface area contributed by atoms with Gasteiger partial charge in [-0.05, 0) is 25.1 Å². The van der Waals surface area contributed by atoms with Gasteiger partial charge in [-0.15, -0.1) is 0 Å². The molecule has 4 heteroatoms. The maximum Gasteiger partial charge on any atom is 0.371 e. The highest BCUT2D eigenvalue weighted by Crippen LogP contribution is 2.26. The Kier molecular flexibility index (Phi) is 3.14. The fourth-order valence-electron chi connectivity index (χ4n) is 1.66. The van der Waals surface area contributed by atoms with Crippen molar-refractivity contribution in [2.75, 3.05) is 11.4 Å². The Hall–Kier alpha value is -2.23. The number of carboxylic acid groups (broad SMARTS) is 1. The number of rotatable bonds is 4. The van der Waals surface area contributed by atoms with Gasteiger partial charge in [0, 0.05) is 18.3 Å². The van der Waals surface area contributed by atoms with Crippen molar-refractivity contribution in [2.24, 2.45) is 0 Å². The van der Waals surface area contributed by atoms with Gasteiger partial charge in [-0.2, -0.15) is 0 Å². The lowest BCUT2D eigenvalue weighted by molar-refractivity contribution is 0.0663. The minimum absolute atomic E-state index is 0.0469. The van der Waals surface area contributed by atoms with Gasteiger partial charge >= 0.3 is 5.97 Å². The molecule has 0 unspecified atom stereocenters. The second-order valence-corrected chi connectivity index (χ2v) is 3.52. The summed E-state index contributed by atoms with van der Waals surface area (Å²) in [6.07, 6.45) is 0. The number of hydrogen-bond donors (Lipinski definition) is 1. The molecule has 0 atom stereocenters. The molecule has 0 bridgehead atoms. The first-order valence-electron chi connectivity index (χ1n) is 5.38. The zero-order chi connectivity index (χ0) is 12.3. The van der Waals surface area contributed by atoms with Crippen LogP contribution in [0.3, 0.4) is 0 Å². The molecule has 0 saturated carbocycles. The molecule has 2 rings (SSSR count). The third-order valence-electron chi connectivity index (χ3n) is 2.45. The van der Waals surface area contributed by atoms with Gasteiger partial charge in [0.2, 0.25) is 11.6 Å².